The molecular weight excluding hydrogens is 170 g/mol. The van der Waals surface area contributed by atoms with Gasteiger partial charge in [0.2, 0.25) is 0 Å². The normalized spacial score (nSPS) is 9.25. The fourth-order valence-corrected chi connectivity index (χ4v) is 1.58. The summed E-state index contributed by atoms with van der Waals surface area (Å²) in [6.45, 7) is 5.98. The van der Waals surface area contributed by atoms with Crippen molar-refractivity contribution >= 4 is 21.6 Å². The molecule has 0 aliphatic rings. The van der Waals surface area contributed by atoms with Crippen LogP contribution in [0.2, 0.25) is 0 Å². The largest absolute Gasteiger partial charge is 0.240 e. The maximum absolute atomic E-state index is 4.23. The van der Waals surface area contributed by atoms with Crippen LogP contribution >= 0.6 is 11.3 Å². The lowest BCUT2D eigenvalue weighted by Gasteiger charge is -1.78. The molecular formula is C8H11N3S. The molecule has 0 amide bonds. The highest BCUT2D eigenvalue weighted by Gasteiger charge is 1.97. The molecule has 0 atom stereocenters. The first-order valence-corrected chi connectivity index (χ1v) is 4.72. The Labute approximate surface area is 75.5 Å². The van der Waals surface area contributed by atoms with Crippen LogP contribution in [0.3, 0.4) is 0 Å². The van der Waals surface area contributed by atoms with Crippen LogP contribution in [0.5, 0.6) is 0 Å². The maximum Gasteiger partial charge on any atom is 0.103 e. The number of thiazole rings is 1. The van der Waals surface area contributed by atoms with Crippen LogP contribution in [-0.2, 0) is 0 Å². The van der Waals surface area contributed by atoms with E-state index in [4.69, 9.17) is 0 Å². The molecule has 0 aromatic carbocycles. The molecule has 0 bridgehead atoms. The van der Waals surface area contributed by atoms with Gasteiger partial charge >= 0.3 is 0 Å². The lowest BCUT2D eigenvalue weighted by molar-refractivity contribution is 1.05. The smallest absolute Gasteiger partial charge is 0.103 e. The van der Waals surface area contributed by atoms with Crippen LogP contribution in [0.15, 0.2) is 12.4 Å². The average molecular weight is 181 g/mol. The molecule has 64 valence electrons. The van der Waals surface area contributed by atoms with Crippen LogP contribution in [0.1, 0.15) is 18.9 Å². The Morgan fingerprint density at radius 1 is 1.17 bits per heavy atom. The SMILES string of the molecule is CC.Cc1nc2cnncc2s1. The second kappa shape index (κ2) is 4.11. The van der Waals surface area contributed by atoms with Crippen molar-refractivity contribution in [2.24, 2.45) is 0 Å². The molecule has 0 radical (unpaired) electrons. The number of nitrogens with zero attached hydrogens (tertiary/aromatic N) is 3. The Morgan fingerprint density at radius 3 is 2.50 bits per heavy atom. The first kappa shape index (κ1) is 9.06. The highest BCUT2D eigenvalue weighted by atomic mass is 32.1. The topological polar surface area (TPSA) is 38.7 Å². The summed E-state index contributed by atoms with van der Waals surface area (Å²) >= 11 is 1.64. The van der Waals surface area contributed by atoms with Gasteiger partial charge in [-0.2, -0.15) is 10.2 Å². The van der Waals surface area contributed by atoms with Crippen molar-refractivity contribution in [3.05, 3.63) is 17.4 Å². The molecule has 12 heavy (non-hydrogen) atoms. The van der Waals surface area contributed by atoms with E-state index in [1.165, 1.54) is 0 Å². The highest BCUT2D eigenvalue weighted by Crippen LogP contribution is 2.18. The van der Waals surface area contributed by atoms with Crippen LogP contribution in [0, 0.1) is 6.92 Å². The van der Waals surface area contributed by atoms with Gasteiger partial charge in [0.25, 0.3) is 0 Å². The predicted molar refractivity (Wildman–Crippen MR) is 51.3 cm³/mol. The van der Waals surface area contributed by atoms with E-state index in [9.17, 15) is 0 Å². The van der Waals surface area contributed by atoms with Gasteiger partial charge in [0.1, 0.15) is 5.52 Å². The Balaban J connectivity index is 0.000000336. The summed E-state index contributed by atoms with van der Waals surface area (Å²) in [6.07, 6.45) is 3.42. The zero-order valence-corrected chi connectivity index (χ0v) is 8.22. The van der Waals surface area contributed by atoms with Crippen molar-refractivity contribution < 1.29 is 0 Å². The zero-order chi connectivity index (χ0) is 8.97. The van der Waals surface area contributed by atoms with E-state index in [-0.39, 0.29) is 0 Å². The summed E-state index contributed by atoms with van der Waals surface area (Å²) < 4.78 is 1.10. The van der Waals surface area contributed by atoms with Gasteiger partial charge in [-0.25, -0.2) is 4.98 Å². The van der Waals surface area contributed by atoms with E-state index in [1.807, 2.05) is 20.8 Å². The second-order valence-corrected chi connectivity index (χ2v) is 3.21. The Bertz CT molecular complexity index is 323. The molecule has 4 heteroatoms. The fraction of sp³-hybridized carbons (Fsp3) is 0.375. The minimum atomic E-state index is 0.942. The van der Waals surface area contributed by atoms with Crippen LogP contribution in [0.4, 0.5) is 0 Å². The predicted octanol–water partition coefficient (Wildman–Crippen LogP) is 2.42. The lowest BCUT2D eigenvalue weighted by atomic mass is 10.5. The first-order chi connectivity index (χ1) is 5.86. The van der Waals surface area contributed by atoms with Gasteiger partial charge in [-0.1, -0.05) is 13.8 Å². The van der Waals surface area contributed by atoms with Gasteiger partial charge in [0.05, 0.1) is 22.1 Å². The third-order valence-electron chi connectivity index (χ3n) is 1.21. The maximum atomic E-state index is 4.23. The van der Waals surface area contributed by atoms with E-state index in [0.29, 0.717) is 0 Å². The van der Waals surface area contributed by atoms with E-state index >= 15 is 0 Å². The molecule has 0 saturated heterocycles. The molecule has 0 N–H and O–H groups in total. The van der Waals surface area contributed by atoms with Crippen molar-refractivity contribution in [3.8, 4) is 0 Å². The monoisotopic (exact) mass is 181 g/mol. The third kappa shape index (κ3) is 1.76. The molecule has 3 nitrogen and oxygen atoms in total. The van der Waals surface area contributed by atoms with Crippen LogP contribution in [-0.4, -0.2) is 15.2 Å². The number of hydrogen-bond donors (Lipinski definition) is 0. The van der Waals surface area contributed by atoms with Gasteiger partial charge in [-0.15, -0.1) is 11.3 Å². The Kier molecular flexibility index (Phi) is 3.10. The molecule has 2 heterocycles. The molecule has 0 fully saturated rings. The van der Waals surface area contributed by atoms with Crippen molar-refractivity contribution in [1.29, 1.82) is 0 Å². The van der Waals surface area contributed by atoms with E-state index in [0.717, 1.165) is 15.2 Å². The molecule has 2 rings (SSSR count). The minimum Gasteiger partial charge on any atom is -0.240 e. The second-order valence-electron chi connectivity index (χ2n) is 1.97. The van der Waals surface area contributed by atoms with Crippen molar-refractivity contribution in [2.45, 2.75) is 20.8 Å². The number of hydrogen-bond acceptors (Lipinski definition) is 4. The van der Waals surface area contributed by atoms with Gasteiger partial charge in [0.15, 0.2) is 0 Å². The third-order valence-corrected chi connectivity index (χ3v) is 2.13. The molecule has 2 aromatic heterocycles. The van der Waals surface area contributed by atoms with Gasteiger partial charge < -0.3 is 0 Å². The van der Waals surface area contributed by atoms with Crippen molar-refractivity contribution in [3.63, 3.8) is 0 Å². The average Bonchev–Trinajstić information content (AvgIpc) is 2.48. The zero-order valence-electron chi connectivity index (χ0n) is 7.40. The highest BCUT2D eigenvalue weighted by molar-refractivity contribution is 7.18. The van der Waals surface area contributed by atoms with Crippen molar-refractivity contribution in [1.82, 2.24) is 15.2 Å². The summed E-state index contributed by atoms with van der Waals surface area (Å²) in [4.78, 5) is 4.23. The number of fused-ring (bicyclic) bond motifs is 1. The number of aryl methyl sites for hydroxylation is 1. The van der Waals surface area contributed by atoms with Gasteiger partial charge in [0, 0.05) is 0 Å². The fourth-order valence-electron chi connectivity index (χ4n) is 0.818. The molecule has 0 aliphatic carbocycles. The standard InChI is InChI=1S/C6H5N3S.C2H6/c1-4-9-5-2-7-8-3-6(5)10-4;1-2/h2-3H,1H3;1-2H3. The lowest BCUT2D eigenvalue weighted by Crippen LogP contribution is -1.75. The van der Waals surface area contributed by atoms with E-state index in [1.54, 1.807) is 23.7 Å². The van der Waals surface area contributed by atoms with Crippen LogP contribution in [0.25, 0.3) is 10.2 Å². The summed E-state index contributed by atoms with van der Waals surface area (Å²) in [5.74, 6) is 0. The molecule has 0 spiro atoms. The van der Waals surface area contributed by atoms with E-state index in [2.05, 4.69) is 15.2 Å². The van der Waals surface area contributed by atoms with Crippen LogP contribution < -0.4 is 0 Å². The minimum absolute atomic E-state index is 0.942. The Hall–Kier alpha value is -1.03. The van der Waals surface area contributed by atoms with Gasteiger partial charge in [-0.3, -0.25) is 0 Å². The molecule has 0 saturated carbocycles. The Morgan fingerprint density at radius 2 is 1.83 bits per heavy atom. The van der Waals surface area contributed by atoms with E-state index < -0.39 is 0 Å². The number of rotatable bonds is 0. The molecule has 0 unspecified atom stereocenters. The van der Waals surface area contributed by atoms with Gasteiger partial charge in [-0.05, 0) is 6.92 Å². The number of aromatic nitrogens is 3. The summed E-state index contributed by atoms with van der Waals surface area (Å²) in [7, 11) is 0. The summed E-state index contributed by atoms with van der Waals surface area (Å²) in [6, 6.07) is 0. The summed E-state index contributed by atoms with van der Waals surface area (Å²) in [5, 5.41) is 8.53. The molecule has 0 aliphatic heterocycles. The first-order valence-electron chi connectivity index (χ1n) is 3.90. The van der Waals surface area contributed by atoms with Crippen molar-refractivity contribution in [2.75, 3.05) is 0 Å². The summed E-state index contributed by atoms with van der Waals surface area (Å²) in [5.41, 5.74) is 0.942. The molecule has 2 aromatic rings. The quantitative estimate of drug-likeness (QED) is 0.626.